The highest BCUT2D eigenvalue weighted by Gasteiger charge is 2.45. The molecular weight excluding hydrogens is 865 g/mol. The Bertz CT molecular complexity index is 4280. The van der Waals surface area contributed by atoms with Crippen molar-refractivity contribution in [2.24, 2.45) is 0 Å². The molecule has 15 rings (SSSR count). The van der Waals surface area contributed by atoms with Crippen molar-refractivity contribution in [2.45, 2.75) is 57.8 Å². The van der Waals surface area contributed by atoms with Crippen molar-refractivity contribution in [3.8, 4) is 61.7 Å². The first-order valence-corrected chi connectivity index (χ1v) is 24.6. The van der Waals surface area contributed by atoms with Crippen molar-refractivity contribution in [1.29, 1.82) is 5.26 Å². The van der Waals surface area contributed by atoms with E-state index in [0.29, 0.717) is 22.4 Å². The standard InChI is InChI=1S/C67H44N2O2/c1-65(2)52-32-50-54(66(3,4)56-28-46(38-15-8-10-17-42(38)61(50)56)35-22-24-40-44-19-12-14-37(34-68)63(44)70-59(40)26-35)30-48(52)49-31-55-51(33-53(49)65)62-43-18-11-9-16-39(43)47(29-57(62)67(55,5)6)36-23-25-41-45-20-13-21-58(69-7)64(45)71-60(41)27-36/h8-33H,1-6H3. The van der Waals surface area contributed by atoms with Gasteiger partial charge in [-0.2, -0.15) is 5.26 Å². The lowest BCUT2D eigenvalue weighted by Crippen LogP contribution is -2.17. The second-order valence-corrected chi connectivity index (χ2v) is 21.7. The Labute approximate surface area is 410 Å². The Morgan fingerprint density at radius 3 is 1.31 bits per heavy atom. The second-order valence-electron chi connectivity index (χ2n) is 21.7. The Morgan fingerprint density at radius 1 is 0.394 bits per heavy atom. The fraction of sp³-hybridized carbons (Fsp3) is 0.134. The molecule has 0 saturated heterocycles. The van der Waals surface area contributed by atoms with Crippen molar-refractivity contribution in [3.05, 3.63) is 208 Å². The van der Waals surface area contributed by atoms with Gasteiger partial charge in [0.05, 0.1) is 12.1 Å². The van der Waals surface area contributed by atoms with Gasteiger partial charge in [0.2, 0.25) is 5.69 Å². The molecule has 12 aromatic rings. The maximum atomic E-state index is 9.85. The third kappa shape index (κ3) is 5.02. The van der Waals surface area contributed by atoms with Crippen LogP contribution in [0.5, 0.6) is 0 Å². The van der Waals surface area contributed by atoms with Gasteiger partial charge in [0, 0.05) is 37.8 Å². The number of nitrogens with zero attached hydrogens (tertiary/aromatic N) is 2. The molecule has 4 heteroatoms. The number of hydrogen-bond acceptors (Lipinski definition) is 3. The van der Waals surface area contributed by atoms with Gasteiger partial charge in [0.15, 0.2) is 5.58 Å². The van der Waals surface area contributed by atoms with Crippen LogP contribution in [0.2, 0.25) is 0 Å². The lowest BCUT2D eigenvalue weighted by Gasteiger charge is -2.25. The first kappa shape index (κ1) is 40.2. The van der Waals surface area contributed by atoms with Crippen LogP contribution in [-0.2, 0) is 16.2 Å². The largest absolute Gasteiger partial charge is 0.467 e. The summed E-state index contributed by atoms with van der Waals surface area (Å²) in [7, 11) is 0. The van der Waals surface area contributed by atoms with E-state index < -0.39 is 0 Å². The lowest BCUT2D eigenvalue weighted by atomic mass is 9.78. The van der Waals surface area contributed by atoms with Crippen molar-refractivity contribution in [2.75, 3.05) is 0 Å². The first-order valence-electron chi connectivity index (χ1n) is 24.6. The smallest absolute Gasteiger partial charge is 0.229 e. The molecule has 334 valence electrons. The summed E-state index contributed by atoms with van der Waals surface area (Å²) < 4.78 is 12.9. The molecule has 2 aromatic heterocycles. The van der Waals surface area contributed by atoms with Crippen LogP contribution in [0.15, 0.2) is 167 Å². The molecule has 0 radical (unpaired) electrons. The number of fused-ring (bicyclic) bond motifs is 19. The lowest BCUT2D eigenvalue weighted by molar-refractivity contribution is 0.649. The van der Waals surface area contributed by atoms with E-state index in [1.54, 1.807) is 0 Å². The summed E-state index contributed by atoms with van der Waals surface area (Å²) in [4.78, 5) is 3.75. The van der Waals surface area contributed by atoms with Gasteiger partial charge in [-0.3, -0.25) is 0 Å². The molecule has 0 spiro atoms. The number of para-hydroxylation sites is 2. The predicted molar refractivity (Wildman–Crippen MR) is 291 cm³/mol. The van der Waals surface area contributed by atoms with E-state index in [9.17, 15) is 5.26 Å². The van der Waals surface area contributed by atoms with E-state index >= 15 is 0 Å². The van der Waals surface area contributed by atoms with E-state index in [4.69, 9.17) is 15.4 Å². The van der Waals surface area contributed by atoms with Crippen LogP contribution < -0.4 is 0 Å². The Hall–Kier alpha value is -8.70. The molecule has 0 N–H and O–H groups in total. The summed E-state index contributed by atoms with van der Waals surface area (Å²) in [5.41, 5.74) is 23.9. The third-order valence-electron chi connectivity index (χ3n) is 17.1. The van der Waals surface area contributed by atoms with Crippen molar-refractivity contribution >= 4 is 71.1 Å². The number of nitriles is 1. The molecule has 3 aliphatic carbocycles. The van der Waals surface area contributed by atoms with E-state index in [-0.39, 0.29) is 16.2 Å². The number of rotatable bonds is 2. The van der Waals surface area contributed by atoms with Gasteiger partial charge in [0.25, 0.3) is 0 Å². The molecule has 0 fully saturated rings. The number of furan rings is 2. The number of hydrogen-bond donors (Lipinski definition) is 0. The average Bonchev–Trinajstić information content (AvgIpc) is 4.13. The van der Waals surface area contributed by atoms with Gasteiger partial charge >= 0.3 is 0 Å². The fourth-order valence-electron chi connectivity index (χ4n) is 13.4. The van der Waals surface area contributed by atoms with Gasteiger partial charge in [0.1, 0.15) is 22.8 Å². The Morgan fingerprint density at radius 2 is 0.803 bits per heavy atom. The summed E-state index contributed by atoms with van der Waals surface area (Å²) in [5.74, 6) is 0. The van der Waals surface area contributed by atoms with Crippen LogP contribution in [-0.4, -0.2) is 0 Å². The molecule has 0 amide bonds. The zero-order chi connectivity index (χ0) is 48.0. The zero-order valence-corrected chi connectivity index (χ0v) is 40.2. The summed E-state index contributed by atoms with van der Waals surface area (Å²) in [6, 6.07) is 59.8. The van der Waals surface area contributed by atoms with Crippen LogP contribution in [0.4, 0.5) is 5.69 Å². The summed E-state index contributed by atoms with van der Waals surface area (Å²) in [6.45, 7) is 22.2. The summed E-state index contributed by atoms with van der Waals surface area (Å²) >= 11 is 0. The molecule has 71 heavy (non-hydrogen) atoms. The van der Waals surface area contributed by atoms with E-state index in [2.05, 4.69) is 174 Å². The quantitative estimate of drug-likeness (QED) is 0.162. The van der Waals surface area contributed by atoms with Crippen LogP contribution in [0.1, 0.15) is 80.5 Å². The molecule has 0 aliphatic heterocycles. The monoisotopic (exact) mass is 908 g/mol. The molecule has 3 aliphatic rings. The van der Waals surface area contributed by atoms with Crippen LogP contribution >= 0.6 is 0 Å². The topological polar surface area (TPSA) is 54.4 Å². The molecular formula is C67H44N2O2. The van der Waals surface area contributed by atoms with Gasteiger partial charge in [-0.1, -0.05) is 133 Å². The van der Waals surface area contributed by atoms with Crippen molar-refractivity contribution in [1.82, 2.24) is 0 Å². The van der Waals surface area contributed by atoms with Gasteiger partial charge < -0.3 is 8.83 Å². The van der Waals surface area contributed by atoms with Gasteiger partial charge in [-0.25, -0.2) is 4.85 Å². The minimum absolute atomic E-state index is 0.248. The first-order chi connectivity index (χ1) is 34.4. The van der Waals surface area contributed by atoms with E-state index in [0.717, 1.165) is 43.8 Å². The second kappa shape index (κ2) is 13.3. The van der Waals surface area contributed by atoms with Gasteiger partial charge in [-0.05, 0) is 177 Å². The maximum Gasteiger partial charge on any atom is 0.229 e. The minimum Gasteiger partial charge on any atom is -0.467 e. The highest BCUT2D eigenvalue weighted by molar-refractivity contribution is 6.15. The minimum atomic E-state index is -0.275. The van der Waals surface area contributed by atoms with Crippen molar-refractivity contribution in [3.63, 3.8) is 0 Å². The maximum absolute atomic E-state index is 9.85. The predicted octanol–water partition coefficient (Wildman–Crippen LogP) is 18.5. The van der Waals surface area contributed by atoms with E-state index in [1.807, 2.05) is 36.4 Å². The van der Waals surface area contributed by atoms with Gasteiger partial charge in [-0.15, -0.1) is 0 Å². The van der Waals surface area contributed by atoms with E-state index in [1.165, 1.54) is 99.4 Å². The van der Waals surface area contributed by atoms with Crippen LogP contribution in [0, 0.1) is 17.9 Å². The highest BCUT2D eigenvalue weighted by atomic mass is 16.3. The summed E-state index contributed by atoms with van der Waals surface area (Å²) in [5, 5.41) is 18.8. The Balaban J connectivity index is 0.877. The molecule has 0 unspecified atom stereocenters. The Kier molecular flexibility index (Phi) is 7.55. The van der Waals surface area contributed by atoms with Crippen LogP contribution in [0.25, 0.3) is 126 Å². The zero-order valence-electron chi connectivity index (χ0n) is 40.2. The average molecular weight is 909 g/mol. The number of benzene rings is 10. The molecule has 2 heterocycles. The highest BCUT2D eigenvalue weighted by Crippen LogP contribution is 2.61. The molecule has 0 atom stereocenters. The molecule has 0 bridgehead atoms. The van der Waals surface area contributed by atoms with Crippen molar-refractivity contribution < 1.29 is 8.83 Å². The van der Waals surface area contributed by atoms with Crippen LogP contribution in [0.3, 0.4) is 0 Å². The SMILES string of the molecule is [C-]#[N+]c1cccc2c1oc1cc(-c3cc4c(c5ccccc35)-c3cc5c(cc3C4(C)C)-c3cc4c(cc3C5(C)C)-c3c(cc(-c5ccc6c(c5)oc5c(C#N)cccc56)c5ccccc35)C4(C)C)ccc12. The molecule has 4 nitrogen and oxygen atoms in total. The third-order valence-corrected chi connectivity index (χ3v) is 17.1. The molecule has 0 saturated carbocycles. The molecule has 10 aromatic carbocycles. The fourth-order valence-corrected chi connectivity index (χ4v) is 13.4. The normalized spacial score (nSPS) is 15.2. The summed E-state index contributed by atoms with van der Waals surface area (Å²) in [6.07, 6.45) is 0.